The fourth-order valence-electron chi connectivity index (χ4n) is 2.41. The zero-order valence-electron chi connectivity index (χ0n) is 15.1. The van der Waals surface area contributed by atoms with Crippen LogP contribution in [-0.4, -0.2) is 35.8 Å². The number of carboxylic acids is 1. The van der Waals surface area contributed by atoms with E-state index in [1.807, 2.05) is 0 Å². The molecule has 0 atom stereocenters. The SMILES string of the molecule is O=C(O)C(=Cn1cnc(-c2cc(C(F)(F)F)cc(S(F)(F)(F)(F)F)c2)n1)c1cncnc1. The molecular formula is C16H9F8N5O2S. The normalized spacial score (nSPS) is 15.2. The largest absolute Gasteiger partial charge is 0.478 e. The molecule has 32 heavy (non-hydrogen) atoms. The van der Waals surface area contributed by atoms with Crippen LogP contribution >= 0.6 is 10.2 Å². The first-order valence-electron chi connectivity index (χ1n) is 8.02. The molecule has 2 aromatic heterocycles. The Labute approximate surface area is 172 Å². The molecule has 0 radical (unpaired) electrons. The van der Waals surface area contributed by atoms with Crippen LogP contribution in [0.5, 0.6) is 0 Å². The van der Waals surface area contributed by atoms with Crippen molar-refractivity contribution in [1.29, 1.82) is 0 Å². The van der Waals surface area contributed by atoms with Gasteiger partial charge >= 0.3 is 22.4 Å². The quantitative estimate of drug-likeness (QED) is 0.378. The average molecular weight is 487 g/mol. The van der Waals surface area contributed by atoms with E-state index in [9.17, 15) is 42.5 Å². The number of rotatable bonds is 5. The molecule has 0 aliphatic carbocycles. The maximum absolute atomic E-state index is 13.2. The summed E-state index contributed by atoms with van der Waals surface area (Å²) < 4.78 is 106. The van der Waals surface area contributed by atoms with Gasteiger partial charge in [0.25, 0.3) is 0 Å². The highest BCUT2D eigenvalue weighted by Gasteiger charge is 2.66. The Kier molecular flexibility index (Phi) is 4.85. The molecule has 0 amide bonds. The average Bonchev–Trinajstić information content (AvgIpc) is 3.12. The zero-order valence-corrected chi connectivity index (χ0v) is 16.0. The highest BCUT2D eigenvalue weighted by molar-refractivity contribution is 8.45. The first-order chi connectivity index (χ1) is 14.4. The number of aliphatic carboxylic acids is 1. The molecule has 0 unspecified atom stereocenters. The predicted molar refractivity (Wildman–Crippen MR) is 95.7 cm³/mol. The smallest absolute Gasteiger partial charge is 0.416 e. The third-order valence-electron chi connectivity index (χ3n) is 3.81. The number of halogens is 8. The van der Waals surface area contributed by atoms with Gasteiger partial charge in [0, 0.05) is 29.7 Å². The minimum Gasteiger partial charge on any atom is -0.478 e. The summed E-state index contributed by atoms with van der Waals surface area (Å²) in [6, 6.07) is -0.733. The Balaban J connectivity index is 2.14. The summed E-state index contributed by atoms with van der Waals surface area (Å²) in [5, 5.41) is 12.9. The van der Waals surface area contributed by atoms with Gasteiger partial charge in [-0.1, -0.05) is 19.4 Å². The molecular weight excluding hydrogens is 478 g/mol. The summed E-state index contributed by atoms with van der Waals surface area (Å²) in [6.45, 7) is 0. The number of hydrogen-bond donors (Lipinski definition) is 1. The molecule has 0 fully saturated rings. The second-order valence-electron chi connectivity index (χ2n) is 6.24. The van der Waals surface area contributed by atoms with E-state index in [0.717, 1.165) is 31.2 Å². The van der Waals surface area contributed by atoms with Crippen LogP contribution in [0.4, 0.5) is 32.6 Å². The molecule has 0 aliphatic rings. The Hall–Kier alpha value is -3.56. The van der Waals surface area contributed by atoms with Crippen LogP contribution in [0.3, 0.4) is 0 Å². The molecule has 0 spiro atoms. The Morgan fingerprint density at radius 1 is 1.03 bits per heavy atom. The summed E-state index contributed by atoms with van der Waals surface area (Å²) in [5.41, 5.74) is -3.44. The number of benzene rings is 1. The molecule has 0 saturated heterocycles. The first kappa shape index (κ1) is 23.1. The lowest BCUT2D eigenvalue weighted by Crippen LogP contribution is -2.11. The summed E-state index contributed by atoms with van der Waals surface area (Å²) in [5.74, 6) is -2.27. The van der Waals surface area contributed by atoms with Crippen LogP contribution in [0.25, 0.3) is 23.2 Å². The lowest BCUT2D eigenvalue weighted by atomic mass is 10.1. The first-order valence-corrected chi connectivity index (χ1v) is 9.97. The van der Waals surface area contributed by atoms with Crippen LogP contribution < -0.4 is 0 Å². The van der Waals surface area contributed by atoms with Crippen molar-refractivity contribution in [2.75, 3.05) is 0 Å². The highest BCUT2D eigenvalue weighted by Crippen LogP contribution is 3.02. The van der Waals surface area contributed by atoms with E-state index in [1.165, 1.54) is 0 Å². The van der Waals surface area contributed by atoms with E-state index in [0.29, 0.717) is 4.68 Å². The molecule has 172 valence electrons. The number of nitrogens with zero attached hydrogens (tertiary/aromatic N) is 5. The van der Waals surface area contributed by atoms with Crippen molar-refractivity contribution in [2.24, 2.45) is 0 Å². The molecule has 3 rings (SSSR count). The lowest BCUT2D eigenvalue weighted by Gasteiger charge is -2.40. The van der Waals surface area contributed by atoms with Gasteiger partial charge in [-0.2, -0.15) is 13.2 Å². The summed E-state index contributed by atoms with van der Waals surface area (Å²) in [7, 11) is -10.5. The number of alkyl halides is 3. The van der Waals surface area contributed by atoms with E-state index in [2.05, 4.69) is 20.1 Å². The third kappa shape index (κ3) is 5.19. The molecule has 0 bridgehead atoms. The van der Waals surface area contributed by atoms with Gasteiger partial charge in [0.1, 0.15) is 17.6 Å². The van der Waals surface area contributed by atoms with Gasteiger partial charge in [-0.3, -0.25) is 0 Å². The summed E-state index contributed by atoms with van der Waals surface area (Å²) in [6.07, 6.45) is -0.421. The van der Waals surface area contributed by atoms with Gasteiger partial charge in [0.05, 0.1) is 11.1 Å². The Morgan fingerprint density at radius 2 is 1.66 bits per heavy atom. The van der Waals surface area contributed by atoms with Crippen LogP contribution in [0.15, 0.2) is 48.1 Å². The Bertz CT molecular complexity index is 1220. The minimum absolute atomic E-state index is 0.000631. The molecule has 16 heteroatoms. The van der Waals surface area contributed by atoms with Crippen LogP contribution in [0.2, 0.25) is 0 Å². The van der Waals surface area contributed by atoms with Gasteiger partial charge in [-0.05, 0) is 18.2 Å². The van der Waals surface area contributed by atoms with Crippen LogP contribution in [0.1, 0.15) is 11.1 Å². The van der Waals surface area contributed by atoms with Crippen molar-refractivity contribution in [2.45, 2.75) is 11.1 Å². The van der Waals surface area contributed by atoms with E-state index in [-0.39, 0.29) is 17.7 Å². The molecule has 3 aromatic rings. The maximum Gasteiger partial charge on any atom is 0.416 e. The summed E-state index contributed by atoms with van der Waals surface area (Å²) in [4.78, 5) is 19.4. The monoisotopic (exact) mass is 487 g/mol. The number of aromatic nitrogens is 5. The molecule has 2 heterocycles. The Morgan fingerprint density at radius 3 is 2.19 bits per heavy atom. The van der Waals surface area contributed by atoms with Gasteiger partial charge < -0.3 is 5.11 Å². The third-order valence-corrected chi connectivity index (χ3v) is 4.94. The van der Waals surface area contributed by atoms with Crippen molar-refractivity contribution in [1.82, 2.24) is 24.7 Å². The van der Waals surface area contributed by atoms with Gasteiger partial charge in [0.15, 0.2) is 5.82 Å². The van der Waals surface area contributed by atoms with E-state index >= 15 is 0 Å². The standard InChI is InChI=1S/C16H9F8N5O2S/c17-16(18,19)11-1-9(2-12(3-11)32(20,21,22,23)24)14-27-8-29(28-14)6-13(15(30)31)10-4-25-7-26-5-10/h1-8H,(H,30,31). The van der Waals surface area contributed by atoms with Crippen molar-refractivity contribution in [3.63, 3.8) is 0 Å². The molecule has 0 aliphatic heterocycles. The predicted octanol–water partition coefficient (Wildman–Crippen LogP) is 5.49. The number of carbonyl (C=O) groups is 1. The second-order valence-corrected chi connectivity index (χ2v) is 8.65. The molecule has 1 aromatic carbocycles. The highest BCUT2D eigenvalue weighted by atomic mass is 32.5. The minimum atomic E-state index is -10.5. The lowest BCUT2D eigenvalue weighted by molar-refractivity contribution is -0.137. The number of hydrogen-bond acceptors (Lipinski definition) is 5. The summed E-state index contributed by atoms with van der Waals surface area (Å²) >= 11 is 0. The van der Waals surface area contributed by atoms with Crippen molar-refractivity contribution >= 4 is 28.0 Å². The molecule has 7 nitrogen and oxygen atoms in total. The zero-order chi connectivity index (χ0) is 24.0. The van der Waals surface area contributed by atoms with Crippen LogP contribution in [0, 0.1) is 0 Å². The number of carboxylic acid groups (broad SMARTS) is 1. The maximum atomic E-state index is 13.2. The van der Waals surface area contributed by atoms with E-state index in [1.54, 1.807) is 0 Å². The van der Waals surface area contributed by atoms with Gasteiger partial charge in [0.2, 0.25) is 0 Å². The fourth-order valence-corrected chi connectivity index (χ4v) is 3.11. The van der Waals surface area contributed by atoms with Crippen LogP contribution in [-0.2, 0) is 11.0 Å². The fraction of sp³-hybridized carbons (Fsp3) is 0.0625. The van der Waals surface area contributed by atoms with Gasteiger partial charge in [-0.15, -0.1) is 5.10 Å². The topological polar surface area (TPSA) is 93.8 Å². The van der Waals surface area contributed by atoms with Gasteiger partial charge in [-0.25, -0.2) is 24.4 Å². The van der Waals surface area contributed by atoms with E-state index < -0.39 is 55.9 Å². The van der Waals surface area contributed by atoms with E-state index in [4.69, 9.17) is 0 Å². The van der Waals surface area contributed by atoms with Crippen molar-refractivity contribution in [3.05, 3.63) is 54.4 Å². The van der Waals surface area contributed by atoms with Crippen molar-refractivity contribution < 1.29 is 42.5 Å². The molecule has 0 saturated carbocycles. The second kappa shape index (κ2) is 6.72. The molecule has 1 N–H and O–H groups in total. The van der Waals surface area contributed by atoms with Crippen molar-refractivity contribution in [3.8, 4) is 11.4 Å².